The largest absolute Gasteiger partial charge is 0.496 e. The second-order valence-corrected chi connectivity index (χ2v) is 3.76. The van der Waals surface area contributed by atoms with Crippen LogP contribution in [0.25, 0.3) is 0 Å². The van der Waals surface area contributed by atoms with E-state index in [0.29, 0.717) is 6.67 Å². The summed E-state index contributed by atoms with van der Waals surface area (Å²) in [7, 11) is 5.26. The van der Waals surface area contributed by atoms with Gasteiger partial charge >= 0.3 is 0 Å². The smallest absolute Gasteiger partial charge is 0.145 e. The Bertz CT molecular complexity index is 378. The van der Waals surface area contributed by atoms with Gasteiger partial charge in [-0.2, -0.15) is 0 Å². The van der Waals surface area contributed by atoms with Gasteiger partial charge in [0.05, 0.1) is 26.6 Å². The molecule has 0 spiro atoms. The first-order chi connectivity index (χ1) is 7.56. The van der Waals surface area contributed by atoms with Crippen molar-refractivity contribution in [2.24, 2.45) is 5.73 Å². The summed E-state index contributed by atoms with van der Waals surface area (Å²) >= 11 is 0. The Morgan fingerprint density at radius 1 is 1.19 bits per heavy atom. The quantitative estimate of drug-likeness (QED) is 0.790. The van der Waals surface area contributed by atoms with Crippen molar-refractivity contribution < 1.29 is 9.47 Å². The number of nitrogens with two attached hydrogens (primary N) is 1. The van der Waals surface area contributed by atoms with Crippen molar-refractivity contribution in [3.63, 3.8) is 0 Å². The standard InChI is InChI=1S/C12H20N2O2/c1-8-9(2)12(16-5)10(14(3)7-13)6-11(8)15-4/h6H,7,13H2,1-5H3. The lowest BCUT2D eigenvalue weighted by atomic mass is 10.1. The van der Waals surface area contributed by atoms with Gasteiger partial charge in [0, 0.05) is 13.1 Å². The summed E-state index contributed by atoms with van der Waals surface area (Å²) in [6, 6.07) is 1.95. The van der Waals surface area contributed by atoms with E-state index in [9.17, 15) is 0 Å². The number of nitrogens with zero attached hydrogens (tertiary/aromatic N) is 1. The number of methoxy groups -OCH3 is 2. The molecule has 0 bridgehead atoms. The van der Waals surface area contributed by atoms with Crippen LogP contribution in [-0.2, 0) is 0 Å². The SMILES string of the molecule is COc1cc(N(C)CN)c(OC)c(C)c1C. The zero-order chi connectivity index (χ0) is 12.3. The highest BCUT2D eigenvalue weighted by Gasteiger charge is 2.15. The summed E-state index contributed by atoms with van der Waals surface area (Å²) in [6.45, 7) is 4.47. The van der Waals surface area contributed by atoms with Gasteiger partial charge in [0.2, 0.25) is 0 Å². The summed E-state index contributed by atoms with van der Waals surface area (Å²) in [4.78, 5) is 1.92. The van der Waals surface area contributed by atoms with Crippen molar-refractivity contribution in [2.75, 3.05) is 32.8 Å². The summed E-state index contributed by atoms with van der Waals surface area (Å²) in [6.07, 6.45) is 0. The van der Waals surface area contributed by atoms with E-state index in [1.54, 1.807) is 14.2 Å². The second kappa shape index (κ2) is 5.07. The molecule has 0 saturated carbocycles. The maximum Gasteiger partial charge on any atom is 0.145 e. The van der Waals surface area contributed by atoms with Crippen LogP contribution >= 0.6 is 0 Å². The molecular formula is C12H20N2O2. The van der Waals surface area contributed by atoms with Gasteiger partial charge in [-0.15, -0.1) is 0 Å². The molecule has 0 amide bonds. The summed E-state index contributed by atoms with van der Waals surface area (Å²) in [5.41, 5.74) is 8.76. The van der Waals surface area contributed by atoms with E-state index in [4.69, 9.17) is 15.2 Å². The molecule has 0 aliphatic carbocycles. The molecule has 4 nitrogen and oxygen atoms in total. The molecule has 90 valence electrons. The monoisotopic (exact) mass is 224 g/mol. The van der Waals surface area contributed by atoms with Gasteiger partial charge in [0.25, 0.3) is 0 Å². The zero-order valence-electron chi connectivity index (χ0n) is 10.6. The van der Waals surface area contributed by atoms with Gasteiger partial charge in [-0.05, 0) is 25.0 Å². The van der Waals surface area contributed by atoms with Gasteiger partial charge in [0.1, 0.15) is 11.5 Å². The molecule has 0 fully saturated rings. The molecule has 0 radical (unpaired) electrons. The molecule has 1 rings (SSSR count). The van der Waals surface area contributed by atoms with E-state index in [-0.39, 0.29) is 0 Å². The minimum absolute atomic E-state index is 0.433. The average Bonchev–Trinajstić information content (AvgIpc) is 2.31. The van der Waals surface area contributed by atoms with Gasteiger partial charge in [0.15, 0.2) is 0 Å². The summed E-state index contributed by atoms with van der Waals surface area (Å²) in [5.74, 6) is 1.71. The van der Waals surface area contributed by atoms with E-state index in [2.05, 4.69) is 0 Å². The third kappa shape index (κ3) is 2.07. The van der Waals surface area contributed by atoms with Gasteiger partial charge < -0.3 is 20.1 Å². The third-order valence-electron chi connectivity index (χ3n) is 2.88. The number of benzene rings is 1. The lowest BCUT2D eigenvalue weighted by Gasteiger charge is -2.23. The highest BCUT2D eigenvalue weighted by Crippen LogP contribution is 2.38. The van der Waals surface area contributed by atoms with E-state index < -0.39 is 0 Å². The molecule has 1 aromatic carbocycles. The molecule has 0 aliphatic heterocycles. The normalized spacial score (nSPS) is 10.1. The van der Waals surface area contributed by atoms with E-state index >= 15 is 0 Å². The number of anilines is 1. The topological polar surface area (TPSA) is 47.7 Å². The second-order valence-electron chi connectivity index (χ2n) is 3.76. The van der Waals surface area contributed by atoms with Crippen LogP contribution in [0.4, 0.5) is 5.69 Å². The fourth-order valence-corrected chi connectivity index (χ4v) is 1.70. The van der Waals surface area contributed by atoms with Crippen molar-refractivity contribution in [2.45, 2.75) is 13.8 Å². The Balaban J connectivity index is 3.40. The number of ether oxygens (including phenoxy) is 2. The van der Waals surface area contributed by atoms with Crippen LogP contribution in [0, 0.1) is 13.8 Å². The van der Waals surface area contributed by atoms with Crippen molar-refractivity contribution in [1.82, 2.24) is 0 Å². The molecule has 0 unspecified atom stereocenters. The Kier molecular flexibility index (Phi) is 4.01. The minimum Gasteiger partial charge on any atom is -0.496 e. The number of hydrogen-bond acceptors (Lipinski definition) is 4. The molecular weight excluding hydrogens is 204 g/mol. The highest BCUT2D eigenvalue weighted by atomic mass is 16.5. The zero-order valence-corrected chi connectivity index (χ0v) is 10.6. The Morgan fingerprint density at radius 3 is 2.25 bits per heavy atom. The summed E-state index contributed by atoms with van der Waals surface area (Å²) in [5, 5.41) is 0. The van der Waals surface area contributed by atoms with E-state index in [1.165, 1.54) is 0 Å². The molecule has 0 aromatic heterocycles. The van der Waals surface area contributed by atoms with Crippen LogP contribution in [0.2, 0.25) is 0 Å². The molecule has 0 atom stereocenters. The Labute approximate surface area is 96.9 Å². The highest BCUT2D eigenvalue weighted by molar-refractivity contribution is 5.67. The van der Waals surface area contributed by atoms with Crippen LogP contribution in [0.3, 0.4) is 0 Å². The van der Waals surface area contributed by atoms with Crippen molar-refractivity contribution in [3.8, 4) is 11.5 Å². The van der Waals surface area contributed by atoms with Gasteiger partial charge in [-0.3, -0.25) is 0 Å². The van der Waals surface area contributed by atoms with Crippen molar-refractivity contribution in [1.29, 1.82) is 0 Å². The fraction of sp³-hybridized carbons (Fsp3) is 0.500. The van der Waals surface area contributed by atoms with Crippen molar-refractivity contribution >= 4 is 5.69 Å². The molecule has 2 N–H and O–H groups in total. The minimum atomic E-state index is 0.433. The van der Waals surface area contributed by atoms with Crippen LogP contribution in [0.5, 0.6) is 11.5 Å². The molecule has 0 heterocycles. The van der Waals surface area contributed by atoms with Gasteiger partial charge in [-0.25, -0.2) is 0 Å². The van der Waals surface area contributed by atoms with Crippen LogP contribution in [-0.4, -0.2) is 27.9 Å². The summed E-state index contributed by atoms with van der Waals surface area (Å²) < 4.78 is 10.8. The maximum atomic E-state index is 5.64. The first-order valence-corrected chi connectivity index (χ1v) is 5.20. The molecule has 1 aromatic rings. The molecule has 4 heteroatoms. The van der Waals surface area contributed by atoms with Crippen LogP contribution in [0.15, 0.2) is 6.07 Å². The molecule has 0 aliphatic rings. The Hall–Kier alpha value is -1.42. The average molecular weight is 224 g/mol. The lowest BCUT2D eigenvalue weighted by Crippen LogP contribution is -2.25. The predicted molar refractivity (Wildman–Crippen MR) is 66.5 cm³/mol. The maximum absolute atomic E-state index is 5.64. The van der Waals surface area contributed by atoms with Crippen LogP contribution < -0.4 is 20.1 Å². The molecule has 16 heavy (non-hydrogen) atoms. The number of hydrogen-bond donors (Lipinski definition) is 1. The Morgan fingerprint density at radius 2 is 1.81 bits per heavy atom. The third-order valence-corrected chi connectivity index (χ3v) is 2.88. The predicted octanol–water partition coefficient (Wildman–Crippen LogP) is 1.67. The first kappa shape index (κ1) is 12.6. The van der Waals surface area contributed by atoms with Gasteiger partial charge in [-0.1, -0.05) is 0 Å². The number of rotatable bonds is 4. The van der Waals surface area contributed by atoms with E-state index in [1.807, 2.05) is 31.9 Å². The van der Waals surface area contributed by atoms with E-state index in [0.717, 1.165) is 28.3 Å². The first-order valence-electron chi connectivity index (χ1n) is 5.20. The van der Waals surface area contributed by atoms with Crippen molar-refractivity contribution in [3.05, 3.63) is 17.2 Å². The molecule has 0 saturated heterocycles. The fourth-order valence-electron chi connectivity index (χ4n) is 1.70. The van der Waals surface area contributed by atoms with Crippen LogP contribution in [0.1, 0.15) is 11.1 Å². The lowest BCUT2D eigenvalue weighted by molar-refractivity contribution is 0.398.